The highest BCUT2D eigenvalue weighted by atomic mass is 32.2. The molecule has 1 aromatic rings. The van der Waals surface area contributed by atoms with E-state index in [1.54, 1.807) is 29.2 Å². The Hall–Kier alpha value is -1.60. The molecule has 0 atom stereocenters. The Bertz CT molecular complexity index is 719. The average molecular weight is 398 g/mol. The number of hydrogen-bond donors (Lipinski definition) is 0. The normalized spacial score (nSPS) is 16.4. The van der Waals surface area contributed by atoms with Gasteiger partial charge in [0.05, 0.1) is 11.5 Å². The fourth-order valence-corrected chi connectivity index (χ4v) is 3.80. The molecule has 1 aromatic carbocycles. The van der Waals surface area contributed by atoms with Crippen molar-refractivity contribution >= 4 is 16.2 Å². The second-order valence-electron chi connectivity index (χ2n) is 7.79. The quantitative estimate of drug-likeness (QED) is 0.647. The van der Waals surface area contributed by atoms with Crippen LogP contribution in [0.3, 0.4) is 0 Å². The molecule has 1 saturated heterocycles. The van der Waals surface area contributed by atoms with Gasteiger partial charge in [-0.3, -0.25) is 4.18 Å². The summed E-state index contributed by atoms with van der Waals surface area (Å²) < 4.78 is 35.1. The van der Waals surface area contributed by atoms with Gasteiger partial charge in [-0.25, -0.2) is 4.79 Å². The predicted octanol–water partition coefficient (Wildman–Crippen LogP) is 4.13. The zero-order valence-electron chi connectivity index (χ0n) is 16.7. The van der Waals surface area contributed by atoms with E-state index in [1.807, 2.05) is 27.7 Å². The molecule has 0 unspecified atom stereocenters. The van der Waals surface area contributed by atoms with Gasteiger partial charge in [0.2, 0.25) is 0 Å². The van der Waals surface area contributed by atoms with E-state index < -0.39 is 15.7 Å². The first-order valence-electron chi connectivity index (χ1n) is 9.57. The highest BCUT2D eigenvalue weighted by Gasteiger charge is 2.28. The lowest BCUT2D eigenvalue weighted by molar-refractivity contribution is 0.00526. The van der Waals surface area contributed by atoms with Gasteiger partial charge in [-0.2, -0.15) is 8.42 Å². The smallest absolute Gasteiger partial charge is 0.410 e. The predicted molar refractivity (Wildman–Crippen MR) is 104 cm³/mol. The minimum atomic E-state index is -3.71. The van der Waals surface area contributed by atoms with E-state index in [0.717, 1.165) is 24.8 Å². The summed E-state index contributed by atoms with van der Waals surface area (Å²) in [5, 5.41) is 0. The van der Waals surface area contributed by atoms with Crippen LogP contribution in [0.5, 0.6) is 0 Å². The van der Waals surface area contributed by atoms with Crippen LogP contribution in [0.15, 0.2) is 29.2 Å². The maximum Gasteiger partial charge on any atom is 0.410 e. The molecule has 0 N–H and O–H groups in total. The summed E-state index contributed by atoms with van der Waals surface area (Å²) in [5.41, 5.74) is 0.549. The Morgan fingerprint density at radius 2 is 1.78 bits per heavy atom. The maximum atomic E-state index is 12.2. The van der Waals surface area contributed by atoms with Crippen molar-refractivity contribution in [2.45, 2.75) is 63.9 Å². The van der Waals surface area contributed by atoms with Crippen molar-refractivity contribution in [2.24, 2.45) is 5.92 Å². The number of hydrogen-bond acceptors (Lipinski definition) is 5. The lowest BCUT2D eigenvalue weighted by Crippen LogP contribution is -2.42. The van der Waals surface area contributed by atoms with Gasteiger partial charge < -0.3 is 9.64 Å². The molecule has 1 aliphatic rings. The lowest BCUT2D eigenvalue weighted by Gasteiger charge is -2.34. The Labute approximate surface area is 163 Å². The minimum Gasteiger partial charge on any atom is -0.443 e. The van der Waals surface area contributed by atoms with Crippen LogP contribution >= 0.6 is 0 Å². The minimum absolute atomic E-state index is 0.161. The molecule has 152 valence electrons. The van der Waals surface area contributed by atoms with Crippen LogP contribution in [0.4, 0.5) is 4.79 Å². The van der Waals surface area contributed by atoms with Gasteiger partial charge in [-0.05, 0) is 64.5 Å². The summed E-state index contributed by atoms with van der Waals surface area (Å²) in [6.07, 6.45) is 2.82. The van der Waals surface area contributed by atoms with E-state index in [-0.39, 0.29) is 17.6 Å². The van der Waals surface area contributed by atoms with Gasteiger partial charge >= 0.3 is 6.09 Å². The van der Waals surface area contributed by atoms with Crippen LogP contribution in [-0.2, 0) is 19.0 Å². The SMILES string of the molecule is CCC(C)(C)OC(=O)N1CCC(CCOS(=O)(=O)c2ccc(C)cc2)CC1. The van der Waals surface area contributed by atoms with E-state index in [9.17, 15) is 13.2 Å². The molecule has 1 amide bonds. The van der Waals surface area contributed by atoms with Gasteiger partial charge in [0, 0.05) is 13.1 Å². The summed E-state index contributed by atoms with van der Waals surface area (Å²) in [4.78, 5) is 14.1. The lowest BCUT2D eigenvalue weighted by atomic mass is 9.94. The standard InChI is InChI=1S/C20H31NO5S/c1-5-20(3,4)26-19(22)21-13-10-17(11-14-21)12-15-25-27(23,24)18-8-6-16(2)7-9-18/h6-9,17H,5,10-15H2,1-4H3. The number of likely N-dealkylation sites (tertiary alicyclic amines) is 1. The van der Waals surface area contributed by atoms with Crippen LogP contribution in [-0.4, -0.2) is 44.7 Å². The first-order valence-corrected chi connectivity index (χ1v) is 11.0. The summed E-state index contributed by atoms with van der Waals surface area (Å²) >= 11 is 0. The topological polar surface area (TPSA) is 72.9 Å². The summed E-state index contributed by atoms with van der Waals surface area (Å²) in [7, 11) is -3.71. The summed E-state index contributed by atoms with van der Waals surface area (Å²) in [5.74, 6) is 0.349. The summed E-state index contributed by atoms with van der Waals surface area (Å²) in [6.45, 7) is 9.13. The number of carbonyl (C=O) groups is 1. The van der Waals surface area contributed by atoms with Crippen molar-refractivity contribution < 1.29 is 22.1 Å². The maximum absolute atomic E-state index is 12.2. The van der Waals surface area contributed by atoms with Crippen molar-refractivity contribution in [3.8, 4) is 0 Å². The molecule has 0 spiro atoms. The van der Waals surface area contributed by atoms with Gasteiger partial charge in [-0.15, -0.1) is 0 Å². The fourth-order valence-electron chi connectivity index (χ4n) is 2.87. The van der Waals surface area contributed by atoms with Crippen molar-refractivity contribution in [2.75, 3.05) is 19.7 Å². The molecular weight excluding hydrogens is 366 g/mol. The van der Waals surface area contributed by atoms with Crippen molar-refractivity contribution in [3.05, 3.63) is 29.8 Å². The van der Waals surface area contributed by atoms with E-state index in [4.69, 9.17) is 8.92 Å². The first kappa shape index (κ1) is 21.7. The third kappa shape index (κ3) is 6.50. The van der Waals surface area contributed by atoms with Crippen LogP contribution < -0.4 is 0 Å². The molecule has 1 heterocycles. The number of amides is 1. The Morgan fingerprint density at radius 1 is 1.19 bits per heavy atom. The molecule has 2 rings (SSSR count). The molecule has 0 bridgehead atoms. The molecule has 6 nitrogen and oxygen atoms in total. The van der Waals surface area contributed by atoms with Gasteiger partial charge in [0.1, 0.15) is 5.60 Å². The zero-order chi connectivity index (χ0) is 20.1. The van der Waals surface area contributed by atoms with Crippen molar-refractivity contribution in [3.63, 3.8) is 0 Å². The largest absolute Gasteiger partial charge is 0.443 e. The summed E-state index contributed by atoms with van der Waals surface area (Å²) in [6, 6.07) is 6.63. The average Bonchev–Trinajstić information content (AvgIpc) is 2.62. The van der Waals surface area contributed by atoms with Crippen LogP contribution in [0.1, 0.15) is 52.0 Å². The molecule has 0 aromatic heterocycles. The third-order valence-electron chi connectivity index (χ3n) is 5.16. The van der Waals surface area contributed by atoms with Crippen LogP contribution in [0.25, 0.3) is 0 Å². The molecule has 7 heteroatoms. The molecule has 0 aliphatic carbocycles. The highest BCUT2D eigenvalue weighted by Crippen LogP contribution is 2.24. The van der Waals surface area contributed by atoms with E-state index in [2.05, 4.69) is 0 Å². The monoisotopic (exact) mass is 397 g/mol. The Morgan fingerprint density at radius 3 is 2.33 bits per heavy atom. The van der Waals surface area contributed by atoms with Crippen molar-refractivity contribution in [1.29, 1.82) is 0 Å². The van der Waals surface area contributed by atoms with E-state index in [0.29, 0.717) is 25.4 Å². The Kier molecular flexibility index (Phi) is 7.28. The Balaban J connectivity index is 1.75. The number of carbonyl (C=O) groups excluding carboxylic acids is 1. The van der Waals surface area contributed by atoms with E-state index in [1.165, 1.54) is 0 Å². The number of benzene rings is 1. The second kappa shape index (κ2) is 9.06. The molecule has 0 radical (unpaired) electrons. The van der Waals surface area contributed by atoms with Gasteiger partial charge in [0.15, 0.2) is 0 Å². The number of aryl methyl sites for hydroxylation is 1. The van der Waals surface area contributed by atoms with Gasteiger partial charge in [-0.1, -0.05) is 24.6 Å². The van der Waals surface area contributed by atoms with Gasteiger partial charge in [0.25, 0.3) is 10.1 Å². The number of nitrogens with zero attached hydrogens (tertiary/aromatic N) is 1. The first-order chi connectivity index (χ1) is 12.6. The second-order valence-corrected chi connectivity index (χ2v) is 9.40. The number of rotatable bonds is 7. The molecule has 1 fully saturated rings. The van der Waals surface area contributed by atoms with Crippen LogP contribution in [0, 0.1) is 12.8 Å². The van der Waals surface area contributed by atoms with E-state index >= 15 is 0 Å². The number of ether oxygens (including phenoxy) is 1. The van der Waals surface area contributed by atoms with Crippen molar-refractivity contribution in [1.82, 2.24) is 4.90 Å². The molecule has 27 heavy (non-hydrogen) atoms. The molecule has 0 saturated carbocycles. The fraction of sp³-hybridized carbons (Fsp3) is 0.650. The van der Waals surface area contributed by atoms with Crippen LogP contribution in [0.2, 0.25) is 0 Å². The molecule has 1 aliphatic heterocycles. The molecular formula is C20H31NO5S. The highest BCUT2D eigenvalue weighted by molar-refractivity contribution is 7.86. The number of piperidine rings is 1. The third-order valence-corrected chi connectivity index (χ3v) is 6.49. The zero-order valence-corrected chi connectivity index (χ0v) is 17.5.